The number of hydrogen-bond donors (Lipinski definition) is 2. The third-order valence-electron chi connectivity index (χ3n) is 6.41. The Balaban J connectivity index is 1.34. The maximum Gasteiger partial charge on any atom is 0.333 e. The predicted octanol–water partition coefficient (Wildman–Crippen LogP) is 3.93. The van der Waals surface area contributed by atoms with Crippen molar-refractivity contribution in [3.8, 4) is 0 Å². The van der Waals surface area contributed by atoms with E-state index in [0.29, 0.717) is 50.0 Å². The highest BCUT2D eigenvalue weighted by atomic mass is 35.5. The Morgan fingerprint density at radius 2 is 2.14 bits per heavy atom. The SMILES string of the molecule is NS(=O)(=O)OC[C@@H]1CC[C@H](Nc2ncncc2C(=O)c2cc(C3OCCc4ccc(Cl)nc43)c(Cl)s2)C1. The van der Waals surface area contributed by atoms with Crippen LogP contribution in [-0.4, -0.2) is 48.4 Å². The van der Waals surface area contributed by atoms with E-state index in [1.165, 1.54) is 12.5 Å². The molecule has 196 valence electrons. The molecule has 3 N–H and O–H groups in total. The molecule has 0 radical (unpaired) electrons. The second-order valence-electron chi connectivity index (χ2n) is 8.93. The summed E-state index contributed by atoms with van der Waals surface area (Å²) in [4.78, 5) is 26.7. The predicted molar refractivity (Wildman–Crippen MR) is 139 cm³/mol. The van der Waals surface area contributed by atoms with Crippen molar-refractivity contribution in [1.29, 1.82) is 0 Å². The summed E-state index contributed by atoms with van der Waals surface area (Å²) in [5, 5.41) is 8.59. The Morgan fingerprint density at radius 1 is 1.30 bits per heavy atom. The Morgan fingerprint density at radius 3 is 2.95 bits per heavy atom. The van der Waals surface area contributed by atoms with Crippen molar-refractivity contribution < 1.29 is 22.1 Å². The first-order valence-electron chi connectivity index (χ1n) is 11.5. The van der Waals surface area contributed by atoms with E-state index in [-0.39, 0.29) is 24.3 Å². The van der Waals surface area contributed by atoms with Crippen LogP contribution in [0.1, 0.15) is 57.4 Å². The number of hydrogen-bond acceptors (Lipinski definition) is 10. The monoisotopic (exact) mass is 583 g/mol. The van der Waals surface area contributed by atoms with Gasteiger partial charge in [0.05, 0.1) is 33.7 Å². The van der Waals surface area contributed by atoms with Gasteiger partial charge in [-0.05, 0) is 49.3 Å². The number of anilines is 1. The quantitative estimate of drug-likeness (QED) is 0.297. The van der Waals surface area contributed by atoms with Crippen molar-refractivity contribution in [3.63, 3.8) is 0 Å². The van der Waals surface area contributed by atoms with Crippen LogP contribution in [0, 0.1) is 5.92 Å². The summed E-state index contributed by atoms with van der Waals surface area (Å²) in [7, 11) is -3.98. The number of carbonyl (C=O) groups is 1. The lowest BCUT2D eigenvalue weighted by Gasteiger charge is -2.25. The first-order chi connectivity index (χ1) is 17.7. The lowest BCUT2D eigenvalue weighted by molar-refractivity contribution is 0.0667. The largest absolute Gasteiger partial charge is 0.367 e. The van der Waals surface area contributed by atoms with Crippen LogP contribution >= 0.6 is 34.5 Å². The van der Waals surface area contributed by atoms with Gasteiger partial charge in [0.2, 0.25) is 5.78 Å². The number of halogens is 2. The fourth-order valence-corrected chi connectivity index (χ4v) is 6.48. The number of thiophene rings is 1. The zero-order valence-corrected chi connectivity index (χ0v) is 22.5. The molecule has 3 aromatic heterocycles. The van der Waals surface area contributed by atoms with E-state index in [1.807, 2.05) is 6.07 Å². The van der Waals surface area contributed by atoms with E-state index in [2.05, 4.69) is 20.3 Å². The average molecular weight is 585 g/mol. The van der Waals surface area contributed by atoms with Crippen LogP contribution in [0.25, 0.3) is 0 Å². The summed E-state index contributed by atoms with van der Waals surface area (Å²) in [6, 6.07) is 5.39. The van der Waals surface area contributed by atoms with Gasteiger partial charge in [0.25, 0.3) is 0 Å². The van der Waals surface area contributed by atoms with Crippen LogP contribution in [0.3, 0.4) is 0 Å². The molecular formula is C23H23Cl2N5O5S2. The van der Waals surface area contributed by atoms with Gasteiger partial charge in [0.1, 0.15) is 23.4 Å². The molecule has 5 rings (SSSR count). The van der Waals surface area contributed by atoms with Crippen molar-refractivity contribution in [3.05, 3.63) is 67.5 Å². The minimum atomic E-state index is -3.98. The van der Waals surface area contributed by atoms with Crippen LogP contribution < -0.4 is 10.5 Å². The van der Waals surface area contributed by atoms with E-state index in [0.717, 1.165) is 36.2 Å². The molecule has 1 saturated carbocycles. The minimum Gasteiger partial charge on any atom is -0.367 e. The molecule has 1 aliphatic carbocycles. The molecule has 0 bridgehead atoms. The van der Waals surface area contributed by atoms with Crippen LogP contribution in [0.5, 0.6) is 0 Å². The number of pyridine rings is 1. The van der Waals surface area contributed by atoms with Crippen molar-refractivity contribution in [1.82, 2.24) is 15.0 Å². The van der Waals surface area contributed by atoms with Crippen molar-refractivity contribution in [2.24, 2.45) is 11.1 Å². The van der Waals surface area contributed by atoms with Crippen LogP contribution in [0.4, 0.5) is 5.82 Å². The van der Waals surface area contributed by atoms with Crippen LogP contribution in [0.2, 0.25) is 9.49 Å². The van der Waals surface area contributed by atoms with Gasteiger partial charge in [0, 0.05) is 17.8 Å². The second-order valence-corrected chi connectivity index (χ2v) is 12.2. The van der Waals surface area contributed by atoms with E-state index in [9.17, 15) is 13.2 Å². The molecule has 14 heteroatoms. The van der Waals surface area contributed by atoms with Gasteiger partial charge in [-0.3, -0.25) is 8.98 Å². The molecule has 10 nitrogen and oxygen atoms in total. The topological polar surface area (TPSA) is 146 Å². The number of rotatable bonds is 8. The minimum absolute atomic E-state index is 0.0130. The van der Waals surface area contributed by atoms with Crippen molar-refractivity contribution in [2.45, 2.75) is 37.8 Å². The maximum absolute atomic E-state index is 13.5. The van der Waals surface area contributed by atoms with Crippen LogP contribution in [-0.2, 0) is 25.6 Å². The number of nitrogens with one attached hydrogen (secondary N) is 1. The fourth-order valence-electron chi connectivity index (χ4n) is 4.68. The molecule has 1 fully saturated rings. The van der Waals surface area contributed by atoms with Crippen molar-refractivity contribution >= 4 is 56.4 Å². The third kappa shape index (κ3) is 6.11. The Labute approximate surface area is 227 Å². The smallest absolute Gasteiger partial charge is 0.333 e. The second kappa shape index (κ2) is 10.9. The van der Waals surface area contributed by atoms with Gasteiger partial charge < -0.3 is 10.1 Å². The fraction of sp³-hybridized carbons (Fsp3) is 0.391. The summed E-state index contributed by atoms with van der Waals surface area (Å²) in [5.41, 5.74) is 2.70. The highest BCUT2D eigenvalue weighted by molar-refractivity contribution is 7.84. The highest BCUT2D eigenvalue weighted by Gasteiger charge is 2.31. The molecule has 1 aliphatic heterocycles. The molecule has 37 heavy (non-hydrogen) atoms. The normalized spacial score (nSPS) is 21.5. The maximum atomic E-state index is 13.5. The van der Waals surface area contributed by atoms with Gasteiger partial charge in [-0.1, -0.05) is 29.3 Å². The Hall–Kier alpha value is -2.19. The molecule has 0 spiro atoms. The van der Waals surface area contributed by atoms with Gasteiger partial charge in [-0.2, -0.15) is 8.42 Å². The Bertz CT molecular complexity index is 1430. The van der Waals surface area contributed by atoms with E-state index < -0.39 is 16.4 Å². The van der Waals surface area contributed by atoms with Gasteiger partial charge in [-0.15, -0.1) is 11.3 Å². The van der Waals surface area contributed by atoms with Gasteiger partial charge in [0.15, 0.2) is 0 Å². The number of fused-ring (bicyclic) bond motifs is 1. The summed E-state index contributed by atoms with van der Waals surface area (Å²) in [6.07, 6.45) is 5.20. The average Bonchev–Trinajstić information content (AvgIpc) is 3.48. The molecule has 4 heterocycles. The highest BCUT2D eigenvalue weighted by Crippen LogP contribution is 2.41. The van der Waals surface area contributed by atoms with Gasteiger partial charge in [-0.25, -0.2) is 20.1 Å². The molecule has 0 aromatic carbocycles. The van der Waals surface area contributed by atoms with E-state index in [4.69, 9.17) is 37.3 Å². The summed E-state index contributed by atoms with van der Waals surface area (Å²) in [5.74, 6) is 0.149. The molecular weight excluding hydrogens is 561 g/mol. The number of nitrogens with two attached hydrogens (primary N) is 1. The van der Waals surface area contributed by atoms with E-state index in [1.54, 1.807) is 12.1 Å². The standard InChI is InChI=1S/C23H23Cl2N5O5S2/c24-18-4-2-13-5-6-34-21(19(13)30-18)15-8-17(36-22(15)25)20(31)16-9-27-11-28-23(16)29-14-3-1-12(7-14)10-35-37(26,32)33/h2,4,8-9,11-12,14,21H,1,3,5-7,10H2,(H2,26,32,33)(H,27,28,29)/t12-,14+,21?/m1/s1. The summed E-state index contributed by atoms with van der Waals surface area (Å²) >= 11 is 13.9. The lowest BCUT2D eigenvalue weighted by Crippen LogP contribution is -2.22. The molecule has 3 aromatic rings. The van der Waals surface area contributed by atoms with Crippen molar-refractivity contribution in [2.75, 3.05) is 18.5 Å². The molecule has 2 aliphatic rings. The number of nitrogens with zero attached hydrogens (tertiary/aromatic N) is 3. The van der Waals surface area contributed by atoms with E-state index >= 15 is 0 Å². The first kappa shape index (κ1) is 26.4. The Kier molecular flexibility index (Phi) is 7.78. The number of ether oxygens (including phenoxy) is 1. The molecule has 0 amide bonds. The van der Waals surface area contributed by atoms with Crippen LogP contribution in [0.15, 0.2) is 30.7 Å². The zero-order valence-electron chi connectivity index (χ0n) is 19.4. The summed E-state index contributed by atoms with van der Waals surface area (Å²) in [6.45, 7) is 0.525. The molecule has 3 atom stereocenters. The number of carbonyl (C=O) groups excluding carboxylic acids is 1. The van der Waals surface area contributed by atoms with Gasteiger partial charge >= 0.3 is 10.3 Å². The summed E-state index contributed by atoms with van der Waals surface area (Å²) < 4.78 is 33.3. The molecule has 1 unspecified atom stereocenters. The zero-order chi connectivity index (χ0) is 26.2. The third-order valence-corrected chi connectivity index (χ3v) is 8.47. The molecule has 0 saturated heterocycles. The first-order valence-corrected chi connectivity index (χ1v) is 14.6. The number of ketones is 1. The lowest BCUT2D eigenvalue weighted by atomic mass is 9.99. The number of aromatic nitrogens is 3.